The van der Waals surface area contributed by atoms with Gasteiger partial charge in [-0.05, 0) is 78.3 Å². The quantitative estimate of drug-likeness (QED) is 0.234. The number of nitrogens with zero attached hydrogens (tertiary/aromatic N) is 1. The second kappa shape index (κ2) is 10.1. The largest absolute Gasteiger partial charge is 0.468 e. The zero-order chi connectivity index (χ0) is 26.0. The number of carbonyl (C=O) groups is 2. The van der Waals surface area contributed by atoms with Crippen molar-refractivity contribution in [2.24, 2.45) is 5.41 Å². The first-order valence-corrected chi connectivity index (χ1v) is 12.8. The van der Waals surface area contributed by atoms with Crippen molar-refractivity contribution in [3.8, 4) is 22.3 Å². The van der Waals surface area contributed by atoms with Crippen molar-refractivity contribution in [3.05, 3.63) is 83.6 Å². The van der Waals surface area contributed by atoms with Gasteiger partial charge >= 0.3 is 12.1 Å². The van der Waals surface area contributed by atoms with Gasteiger partial charge in [0.05, 0.1) is 23.4 Å². The minimum Gasteiger partial charge on any atom is -0.468 e. The first-order valence-electron chi connectivity index (χ1n) is 12.0. The molecule has 1 fully saturated rings. The second-order valence-corrected chi connectivity index (χ2v) is 9.93. The number of hydrogen-bond donors (Lipinski definition) is 1. The number of ether oxygens (including phenoxy) is 2. The number of benzene rings is 3. The predicted octanol–water partition coefficient (Wildman–Crippen LogP) is 6.89. The normalized spacial score (nSPS) is 14.2. The Hall–Kier alpha value is -4.15. The Labute approximate surface area is 219 Å². The summed E-state index contributed by atoms with van der Waals surface area (Å²) in [5.74, 6) is 5.99. The van der Waals surface area contributed by atoms with E-state index in [1.807, 2.05) is 74.5 Å². The van der Waals surface area contributed by atoms with Gasteiger partial charge in [0.25, 0.3) is 0 Å². The molecule has 1 aromatic heterocycles. The molecule has 4 aromatic rings. The topological polar surface area (TPSA) is 77.5 Å². The minimum absolute atomic E-state index is 0.256. The van der Waals surface area contributed by atoms with E-state index in [4.69, 9.17) is 9.47 Å². The highest BCUT2D eigenvalue weighted by Gasteiger charge is 2.50. The first-order chi connectivity index (χ1) is 17.9. The highest BCUT2D eigenvalue weighted by atomic mass is 32.1. The average Bonchev–Trinajstić information content (AvgIpc) is 3.64. The van der Waals surface area contributed by atoms with Gasteiger partial charge in [0.15, 0.2) is 0 Å². The summed E-state index contributed by atoms with van der Waals surface area (Å²) < 4.78 is 15.0. The molecule has 37 heavy (non-hydrogen) atoms. The molecule has 5 rings (SSSR count). The van der Waals surface area contributed by atoms with Gasteiger partial charge in [-0.2, -0.15) is 4.37 Å². The maximum Gasteiger partial charge on any atom is 0.412 e. The van der Waals surface area contributed by atoms with E-state index in [2.05, 4.69) is 27.6 Å². The molecule has 1 atom stereocenters. The van der Waals surface area contributed by atoms with E-state index in [9.17, 15) is 9.59 Å². The van der Waals surface area contributed by atoms with Gasteiger partial charge < -0.3 is 9.47 Å². The molecule has 0 aliphatic heterocycles. The number of nitrogens with one attached hydrogen (secondary N) is 1. The first kappa shape index (κ1) is 24.5. The Morgan fingerprint density at radius 1 is 1.05 bits per heavy atom. The van der Waals surface area contributed by atoms with Crippen molar-refractivity contribution in [2.75, 3.05) is 12.4 Å². The molecule has 0 spiro atoms. The molecule has 3 aromatic carbocycles. The Kier molecular flexibility index (Phi) is 6.68. The molecule has 1 aliphatic carbocycles. The molecule has 1 saturated carbocycles. The molecular formula is C30H26N2O4S. The van der Waals surface area contributed by atoms with Crippen LogP contribution in [0.2, 0.25) is 0 Å². The van der Waals surface area contributed by atoms with Crippen molar-refractivity contribution in [1.82, 2.24) is 4.37 Å². The van der Waals surface area contributed by atoms with Crippen LogP contribution < -0.4 is 5.32 Å². The van der Waals surface area contributed by atoms with Crippen LogP contribution in [0.4, 0.5) is 10.5 Å². The standard InChI is InChI=1S/C30H26N2O4S/c1-19-26(31-29(34)36-20(2)22-7-5-4-6-8-22)27(37-32-19)25-12-11-23-17-21(9-10-24(23)18-25)13-14-30(15-16-30)28(33)35-3/h4-12,17-18,20H,15-16H2,1-3H3,(H,31,34). The number of amides is 1. The summed E-state index contributed by atoms with van der Waals surface area (Å²) in [4.78, 5) is 25.5. The Morgan fingerprint density at radius 3 is 2.51 bits per heavy atom. The van der Waals surface area contributed by atoms with E-state index in [0.717, 1.165) is 50.9 Å². The highest BCUT2D eigenvalue weighted by molar-refractivity contribution is 7.10. The summed E-state index contributed by atoms with van der Waals surface area (Å²) in [5, 5.41) is 4.97. The van der Waals surface area contributed by atoms with Crippen LogP contribution in [0.1, 0.15) is 42.7 Å². The van der Waals surface area contributed by atoms with Crippen molar-refractivity contribution in [3.63, 3.8) is 0 Å². The third-order valence-corrected chi connectivity index (χ3v) is 7.50. The van der Waals surface area contributed by atoms with Crippen molar-refractivity contribution in [2.45, 2.75) is 32.8 Å². The lowest BCUT2D eigenvalue weighted by atomic mass is 10.0. The molecule has 1 aliphatic rings. The van der Waals surface area contributed by atoms with Gasteiger partial charge in [0, 0.05) is 5.56 Å². The third kappa shape index (κ3) is 5.20. The lowest BCUT2D eigenvalue weighted by molar-refractivity contribution is -0.144. The van der Waals surface area contributed by atoms with Crippen LogP contribution in [0, 0.1) is 24.2 Å². The van der Waals surface area contributed by atoms with Crippen LogP contribution in [0.5, 0.6) is 0 Å². The SMILES string of the molecule is COC(=O)C1(C#Cc2ccc3cc(-c4snc(C)c4NC(=O)OC(C)c4ccccc4)ccc3c2)CC1. The van der Waals surface area contributed by atoms with Crippen LogP contribution in [0.3, 0.4) is 0 Å². The monoisotopic (exact) mass is 510 g/mol. The van der Waals surface area contributed by atoms with Gasteiger partial charge in [-0.1, -0.05) is 60.4 Å². The zero-order valence-electron chi connectivity index (χ0n) is 20.8. The van der Waals surface area contributed by atoms with Crippen molar-refractivity contribution < 1.29 is 19.1 Å². The molecular weight excluding hydrogens is 484 g/mol. The fraction of sp³-hybridized carbons (Fsp3) is 0.233. The van der Waals surface area contributed by atoms with E-state index >= 15 is 0 Å². The lowest BCUT2D eigenvalue weighted by Gasteiger charge is -2.15. The maximum absolute atomic E-state index is 12.7. The zero-order valence-corrected chi connectivity index (χ0v) is 21.6. The number of fused-ring (bicyclic) bond motifs is 1. The smallest absolute Gasteiger partial charge is 0.412 e. The van der Waals surface area contributed by atoms with Crippen LogP contribution in [-0.4, -0.2) is 23.5 Å². The molecule has 186 valence electrons. The van der Waals surface area contributed by atoms with Gasteiger partial charge in [-0.25, -0.2) is 4.79 Å². The molecule has 6 nitrogen and oxygen atoms in total. The molecule has 0 bridgehead atoms. The third-order valence-electron chi connectivity index (χ3n) is 6.52. The maximum atomic E-state index is 12.7. The summed E-state index contributed by atoms with van der Waals surface area (Å²) >= 11 is 1.33. The summed E-state index contributed by atoms with van der Waals surface area (Å²) in [7, 11) is 1.40. The van der Waals surface area contributed by atoms with Gasteiger partial charge in [0.2, 0.25) is 0 Å². The number of methoxy groups -OCH3 is 1. The molecule has 7 heteroatoms. The van der Waals surface area contributed by atoms with Crippen molar-refractivity contribution >= 4 is 40.1 Å². The Morgan fingerprint density at radius 2 is 1.78 bits per heavy atom. The fourth-order valence-electron chi connectivity index (χ4n) is 4.16. The molecule has 0 radical (unpaired) electrons. The minimum atomic E-state index is -0.638. The Bertz CT molecular complexity index is 1540. The van der Waals surface area contributed by atoms with Crippen LogP contribution in [0.15, 0.2) is 66.7 Å². The predicted molar refractivity (Wildman–Crippen MR) is 145 cm³/mol. The van der Waals surface area contributed by atoms with E-state index in [1.165, 1.54) is 18.6 Å². The summed E-state index contributed by atoms with van der Waals surface area (Å²) in [5.41, 5.74) is 3.47. The number of hydrogen-bond acceptors (Lipinski definition) is 6. The second-order valence-electron chi connectivity index (χ2n) is 9.16. The van der Waals surface area contributed by atoms with Gasteiger partial charge in [0.1, 0.15) is 11.5 Å². The number of rotatable bonds is 5. The summed E-state index contributed by atoms with van der Waals surface area (Å²) in [6.45, 7) is 3.71. The summed E-state index contributed by atoms with van der Waals surface area (Å²) in [6, 6.07) is 21.7. The average molecular weight is 511 g/mol. The van der Waals surface area contributed by atoms with Gasteiger partial charge in [-0.3, -0.25) is 10.1 Å². The van der Waals surface area contributed by atoms with Crippen molar-refractivity contribution in [1.29, 1.82) is 0 Å². The molecule has 0 saturated heterocycles. The van der Waals surface area contributed by atoms with Gasteiger partial charge in [-0.15, -0.1) is 0 Å². The van der Waals surface area contributed by atoms with E-state index in [0.29, 0.717) is 5.69 Å². The Balaban J connectivity index is 1.35. The molecule has 1 unspecified atom stereocenters. The molecule has 1 heterocycles. The number of esters is 1. The lowest BCUT2D eigenvalue weighted by Crippen LogP contribution is -2.16. The van der Waals surface area contributed by atoms with E-state index < -0.39 is 11.5 Å². The highest BCUT2D eigenvalue weighted by Crippen LogP contribution is 2.46. The number of aryl methyl sites for hydroxylation is 1. The number of aromatic nitrogens is 1. The fourth-order valence-corrected chi connectivity index (χ4v) is 5.00. The van der Waals surface area contributed by atoms with Crippen LogP contribution in [-0.2, 0) is 14.3 Å². The van der Waals surface area contributed by atoms with Crippen LogP contribution in [0.25, 0.3) is 21.2 Å². The van der Waals surface area contributed by atoms with E-state index in [1.54, 1.807) is 0 Å². The molecule has 1 N–H and O–H groups in total. The van der Waals surface area contributed by atoms with E-state index in [-0.39, 0.29) is 12.1 Å². The summed E-state index contributed by atoms with van der Waals surface area (Å²) in [6.07, 6.45) is 0.585. The van der Waals surface area contributed by atoms with Crippen LogP contribution >= 0.6 is 11.5 Å². The molecule has 1 amide bonds. The number of anilines is 1. The number of carbonyl (C=O) groups excluding carboxylic acids is 2.